The van der Waals surface area contributed by atoms with Gasteiger partial charge in [-0.3, -0.25) is 4.79 Å². The number of para-hydroxylation sites is 1. The summed E-state index contributed by atoms with van der Waals surface area (Å²) in [6.07, 6.45) is 1.86. The van der Waals surface area contributed by atoms with Gasteiger partial charge in [-0.2, -0.15) is 9.97 Å². The van der Waals surface area contributed by atoms with Gasteiger partial charge in [0, 0.05) is 13.2 Å². The van der Waals surface area contributed by atoms with Crippen molar-refractivity contribution in [2.75, 3.05) is 5.32 Å². The maximum absolute atomic E-state index is 11.5. The highest BCUT2D eigenvalue weighted by molar-refractivity contribution is 6.28. The molecule has 0 spiro atoms. The van der Waals surface area contributed by atoms with Gasteiger partial charge in [-0.05, 0) is 29.8 Å². The molecule has 0 radical (unpaired) electrons. The molecule has 0 aliphatic carbocycles. The summed E-state index contributed by atoms with van der Waals surface area (Å²) in [4.78, 5) is 19.8. The third-order valence-corrected chi connectivity index (χ3v) is 3.31. The van der Waals surface area contributed by atoms with Crippen molar-refractivity contribution < 1.29 is 4.79 Å². The summed E-state index contributed by atoms with van der Waals surface area (Å²) in [7, 11) is 1.87. The van der Waals surface area contributed by atoms with Crippen molar-refractivity contribution in [2.24, 2.45) is 12.8 Å². The zero-order valence-electron chi connectivity index (χ0n) is 11.2. The predicted octanol–water partition coefficient (Wildman–Crippen LogP) is 2.46. The Morgan fingerprint density at radius 3 is 2.81 bits per heavy atom. The first-order chi connectivity index (χ1) is 10.1. The average Bonchev–Trinajstić information content (AvgIpc) is 2.81. The number of hydrogen-bond donors (Lipinski definition) is 2. The highest BCUT2D eigenvalue weighted by Gasteiger charge is 2.13. The predicted molar refractivity (Wildman–Crippen MR) is 81.8 cm³/mol. The molecule has 0 aliphatic heterocycles. The number of benzene rings is 1. The molecule has 2 heterocycles. The molecule has 1 amide bonds. The van der Waals surface area contributed by atoms with E-state index in [0.717, 1.165) is 5.39 Å². The molecule has 3 aromatic rings. The van der Waals surface area contributed by atoms with Crippen LogP contribution in [0.3, 0.4) is 0 Å². The Kier molecular flexibility index (Phi) is 3.23. The molecule has 1 aromatic carbocycles. The lowest BCUT2D eigenvalue weighted by Crippen LogP contribution is -2.13. The van der Waals surface area contributed by atoms with Crippen LogP contribution in [0.4, 0.5) is 11.5 Å². The maximum atomic E-state index is 11.5. The molecule has 0 unspecified atom stereocenters. The van der Waals surface area contributed by atoms with Crippen molar-refractivity contribution in [1.82, 2.24) is 14.5 Å². The van der Waals surface area contributed by atoms with E-state index in [-0.39, 0.29) is 5.28 Å². The highest BCUT2D eigenvalue weighted by atomic mass is 35.5. The molecule has 7 heteroatoms. The van der Waals surface area contributed by atoms with Crippen LogP contribution in [0.5, 0.6) is 0 Å². The summed E-state index contributed by atoms with van der Waals surface area (Å²) in [6.45, 7) is 0. The Morgan fingerprint density at radius 1 is 1.29 bits per heavy atom. The summed E-state index contributed by atoms with van der Waals surface area (Å²) in [5.41, 5.74) is 7.04. The lowest BCUT2D eigenvalue weighted by atomic mass is 10.1. The number of carbonyl (C=O) groups is 1. The SMILES string of the molecule is Cn1ccc2c(Nc3ccccc3C(N)=O)nc(Cl)nc21. The van der Waals surface area contributed by atoms with Gasteiger partial charge in [0.15, 0.2) is 0 Å². The van der Waals surface area contributed by atoms with Gasteiger partial charge < -0.3 is 15.6 Å². The second-order valence-corrected chi connectivity index (χ2v) is 4.88. The van der Waals surface area contributed by atoms with Crippen molar-refractivity contribution >= 4 is 40.0 Å². The van der Waals surface area contributed by atoms with Gasteiger partial charge in [-0.1, -0.05) is 12.1 Å². The van der Waals surface area contributed by atoms with E-state index in [1.807, 2.05) is 23.9 Å². The fourth-order valence-electron chi connectivity index (χ4n) is 2.14. The monoisotopic (exact) mass is 301 g/mol. The molecule has 0 fully saturated rings. The first-order valence-electron chi connectivity index (χ1n) is 6.20. The lowest BCUT2D eigenvalue weighted by molar-refractivity contribution is 0.100. The van der Waals surface area contributed by atoms with Gasteiger partial charge in [0.1, 0.15) is 11.5 Å². The first-order valence-corrected chi connectivity index (χ1v) is 6.58. The number of nitrogens with one attached hydrogen (secondary N) is 1. The third kappa shape index (κ3) is 2.41. The quantitative estimate of drug-likeness (QED) is 0.728. The van der Waals surface area contributed by atoms with Crippen LogP contribution in [-0.4, -0.2) is 20.4 Å². The highest BCUT2D eigenvalue weighted by Crippen LogP contribution is 2.27. The van der Waals surface area contributed by atoms with Gasteiger partial charge >= 0.3 is 0 Å². The molecule has 0 saturated carbocycles. The van der Waals surface area contributed by atoms with E-state index < -0.39 is 5.91 Å². The molecule has 21 heavy (non-hydrogen) atoms. The van der Waals surface area contributed by atoms with Crippen LogP contribution < -0.4 is 11.1 Å². The largest absolute Gasteiger partial charge is 0.366 e. The number of nitrogens with zero attached hydrogens (tertiary/aromatic N) is 3. The van der Waals surface area contributed by atoms with Gasteiger partial charge in [-0.15, -0.1) is 0 Å². The smallest absolute Gasteiger partial charge is 0.250 e. The molecule has 3 N–H and O–H groups in total. The van der Waals surface area contributed by atoms with Crippen LogP contribution in [-0.2, 0) is 7.05 Å². The zero-order valence-corrected chi connectivity index (χ0v) is 11.9. The Hall–Kier alpha value is -2.60. The summed E-state index contributed by atoms with van der Waals surface area (Å²) in [6, 6.07) is 8.83. The van der Waals surface area contributed by atoms with Crippen molar-refractivity contribution in [3.63, 3.8) is 0 Å². The van der Waals surface area contributed by atoms with Crippen molar-refractivity contribution in [3.8, 4) is 0 Å². The minimum Gasteiger partial charge on any atom is -0.366 e. The van der Waals surface area contributed by atoms with Crippen LogP contribution in [0.15, 0.2) is 36.5 Å². The Bertz CT molecular complexity index is 842. The number of hydrogen-bond acceptors (Lipinski definition) is 4. The maximum Gasteiger partial charge on any atom is 0.250 e. The van der Waals surface area contributed by atoms with E-state index in [4.69, 9.17) is 17.3 Å². The minimum absolute atomic E-state index is 0.128. The molecule has 0 aliphatic rings. The van der Waals surface area contributed by atoms with Crippen LogP contribution in [0, 0.1) is 0 Å². The van der Waals surface area contributed by atoms with Crippen molar-refractivity contribution in [1.29, 1.82) is 0 Å². The van der Waals surface area contributed by atoms with Gasteiger partial charge in [0.2, 0.25) is 5.28 Å². The molecule has 0 atom stereocenters. The molecule has 0 bridgehead atoms. The number of aromatic nitrogens is 3. The molecule has 0 saturated heterocycles. The normalized spacial score (nSPS) is 10.8. The first kappa shape index (κ1) is 13.4. The van der Waals surface area contributed by atoms with E-state index in [9.17, 15) is 4.79 Å². The van der Waals surface area contributed by atoms with Crippen molar-refractivity contribution in [2.45, 2.75) is 0 Å². The van der Waals surface area contributed by atoms with E-state index in [2.05, 4.69) is 15.3 Å². The summed E-state index contributed by atoms with van der Waals surface area (Å²) < 4.78 is 1.84. The van der Waals surface area contributed by atoms with Crippen LogP contribution in [0.25, 0.3) is 11.0 Å². The topological polar surface area (TPSA) is 85.8 Å². The molecule has 6 nitrogen and oxygen atoms in total. The fourth-order valence-corrected chi connectivity index (χ4v) is 2.30. The van der Waals surface area contributed by atoms with Crippen LogP contribution >= 0.6 is 11.6 Å². The fraction of sp³-hybridized carbons (Fsp3) is 0.0714. The second-order valence-electron chi connectivity index (χ2n) is 4.54. The minimum atomic E-state index is -0.512. The van der Waals surface area contributed by atoms with E-state index in [1.165, 1.54) is 0 Å². The number of nitrogens with two attached hydrogens (primary N) is 1. The van der Waals surface area contributed by atoms with Crippen molar-refractivity contribution in [3.05, 3.63) is 47.4 Å². The van der Waals surface area contributed by atoms with E-state index >= 15 is 0 Å². The molecule has 3 rings (SSSR count). The molecular weight excluding hydrogens is 290 g/mol. The van der Waals surface area contributed by atoms with Gasteiger partial charge in [-0.25, -0.2) is 0 Å². The Morgan fingerprint density at radius 2 is 2.05 bits per heavy atom. The standard InChI is InChI=1S/C14H12ClN5O/c1-20-7-6-9-12(18-14(15)19-13(9)20)17-10-5-3-2-4-8(10)11(16)21/h2-7H,1H3,(H2,16,21)(H,17,18,19). The number of halogens is 1. The average molecular weight is 302 g/mol. The molecular formula is C14H12ClN5O. The number of aryl methyl sites for hydroxylation is 1. The molecule has 2 aromatic heterocycles. The van der Waals surface area contributed by atoms with Gasteiger partial charge in [0.05, 0.1) is 16.6 Å². The summed E-state index contributed by atoms with van der Waals surface area (Å²) in [5, 5.41) is 4.04. The van der Waals surface area contributed by atoms with Crippen LogP contribution in [0.1, 0.15) is 10.4 Å². The number of fused-ring (bicyclic) bond motifs is 1. The van der Waals surface area contributed by atoms with E-state index in [0.29, 0.717) is 22.7 Å². The number of amides is 1. The molecule has 106 valence electrons. The lowest BCUT2D eigenvalue weighted by Gasteiger charge is -2.10. The summed E-state index contributed by atoms with van der Waals surface area (Å²) >= 11 is 5.95. The third-order valence-electron chi connectivity index (χ3n) is 3.14. The zero-order chi connectivity index (χ0) is 15.0. The Labute approximate surface area is 125 Å². The second kappa shape index (κ2) is 5.06. The number of carbonyl (C=O) groups excluding carboxylic acids is 1. The van der Waals surface area contributed by atoms with E-state index in [1.54, 1.807) is 24.3 Å². The van der Waals surface area contributed by atoms with Crippen LogP contribution in [0.2, 0.25) is 5.28 Å². The number of primary amides is 1. The number of rotatable bonds is 3. The number of anilines is 2. The Balaban J connectivity index is 2.13. The van der Waals surface area contributed by atoms with Gasteiger partial charge in [0.25, 0.3) is 5.91 Å². The summed E-state index contributed by atoms with van der Waals surface area (Å²) in [5.74, 6) is 0.0156.